The van der Waals surface area contributed by atoms with Crippen LogP contribution in [-0.2, 0) is 12.8 Å². The highest BCUT2D eigenvalue weighted by atomic mass is 32.1. The average molecular weight is 355 g/mol. The van der Waals surface area contributed by atoms with Crippen molar-refractivity contribution in [1.29, 1.82) is 0 Å². The van der Waals surface area contributed by atoms with E-state index in [1.54, 1.807) is 17.7 Å². The molecular formula is C20H26N4S. The van der Waals surface area contributed by atoms with Crippen LogP contribution >= 0.6 is 12.6 Å². The van der Waals surface area contributed by atoms with Gasteiger partial charge in [0.1, 0.15) is 0 Å². The highest BCUT2D eigenvalue weighted by Gasteiger charge is 2.00. The predicted molar refractivity (Wildman–Crippen MR) is 113 cm³/mol. The summed E-state index contributed by atoms with van der Waals surface area (Å²) in [5.41, 5.74) is 15.9. The van der Waals surface area contributed by atoms with Crippen molar-refractivity contribution in [2.24, 2.45) is 21.7 Å². The third kappa shape index (κ3) is 7.72. The largest absolute Gasteiger partial charge is 0.405 e. The van der Waals surface area contributed by atoms with Crippen LogP contribution in [0.1, 0.15) is 25.0 Å². The molecule has 0 radical (unpaired) electrons. The first kappa shape index (κ1) is 20.5. The van der Waals surface area contributed by atoms with Gasteiger partial charge >= 0.3 is 0 Å². The number of benzene rings is 1. The zero-order valence-electron chi connectivity index (χ0n) is 14.8. The zero-order valence-corrected chi connectivity index (χ0v) is 15.7. The van der Waals surface area contributed by atoms with E-state index in [0.29, 0.717) is 5.71 Å². The van der Waals surface area contributed by atoms with E-state index < -0.39 is 0 Å². The van der Waals surface area contributed by atoms with Crippen LogP contribution in [0, 0.1) is 0 Å². The topological polar surface area (TPSA) is 76.8 Å². The maximum atomic E-state index is 5.58. The van der Waals surface area contributed by atoms with E-state index in [1.165, 1.54) is 23.5 Å². The summed E-state index contributed by atoms with van der Waals surface area (Å²) >= 11 is 4.27. The van der Waals surface area contributed by atoms with Gasteiger partial charge in [0.05, 0.1) is 11.9 Å². The number of rotatable bonds is 8. The molecule has 0 saturated carbocycles. The van der Waals surface area contributed by atoms with Crippen LogP contribution < -0.4 is 11.5 Å². The summed E-state index contributed by atoms with van der Waals surface area (Å²) in [5, 5.41) is 9.79. The van der Waals surface area contributed by atoms with Gasteiger partial charge in [-0.1, -0.05) is 37.3 Å². The van der Waals surface area contributed by atoms with Gasteiger partial charge in [0, 0.05) is 5.57 Å². The first-order chi connectivity index (χ1) is 12.1. The van der Waals surface area contributed by atoms with Crippen molar-refractivity contribution in [3.8, 4) is 0 Å². The van der Waals surface area contributed by atoms with E-state index in [0.717, 1.165) is 24.0 Å². The second-order valence-electron chi connectivity index (χ2n) is 5.32. The van der Waals surface area contributed by atoms with Crippen molar-refractivity contribution < 1.29 is 0 Å². The lowest BCUT2D eigenvalue weighted by atomic mass is 10.0. The average Bonchev–Trinajstić information content (AvgIpc) is 2.63. The summed E-state index contributed by atoms with van der Waals surface area (Å²) in [6.45, 7) is 3.97. The van der Waals surface area contributed by atoms with Gasteiger partial charge in [0.2, 0.25) is 0 Å². The van der Waals surface area contributed by atoms with Crippen LogP contribution in [0.4, 0.5) is 0 Å². The van der Waals surface area contributed by atoms with E-state index in [-0.39, 0.29) is 0 Å². The Bertz CT molecular complexity index is 708. The van der Waals surface area contributed by atoms with Crippen molar-refractivity contribution in [1.82, 2.24) is 0 Å². The van der Waals surface area contributed by atoms with Crippen molar-refractivity contribution in [3.05, 3.63) is 82.6 Å². The van der Waals surface area contributed by atoms with Gasteiger partial charge < -0.3 is 11.5 Å². The van der Waals surface area contributed by atoms with Crippen LogP contribution in [0.5, 0.6) is 0 Å². The molecule has 0 saturated heterocycles. The molecule has 1 aromatic carbocycles. The summed E-state index contributed by atoms with van der Waals surface area (Å²) in [7, 11) is 0. The Balaban J connectivity index is 2.94. The number of nitrogens with two attached hydrogens (primary N) is 2. The Kier molecular flexibility index (Phi) is 9.78. The van der Waals surface area contributed by atoms with E-state index in [4.69, 9.17) is 11.5 Å². The van der Waals surface area contributed by atoms with Gasteiger partial charge in [-0.2, -0.15) is 22.8 Å². The Morgan fingerprint density at radius 2 is 1.68 bits per heavy atom. The molecule has 0 heterocycles. The Morgan fingerprint density at radius 3 is 2.24 bits per heavy atom. The molecule has 25 heavy (non-hydrogen) atoms. The summed E-state index contributed by atoms with van der Waals surface area (Å²) in [4.78, 5) is 0. The second-order valence-corrected chi connectivity index (χ2v) is 5.58. The predicted octanol–water partition coefficient (Wildman–Crippen LogP) is 3.92. The summed E-state index contributed by atoms with van der Waals surface area (Å²) in [6.07, 6.45) is 12.0. The molecular weight excluding hydrogens is 328 g/mol. The van der Waals surface area contributed by atoms with Crippen molar-refractivity contribution >= 4 is 24.6 Å². The first-order valence-corrected chi connectivity index (χ1v) is 8.63. The first-order valence-electron chi connectivity index (χ1n) is 8.11. The van der Waals surface area contributed by atoms with Gasteiger partial charge in [-0.25, -0.2) is 0 Å². The minimum absolute atomic E-state index is 0.716. The fraction of sp³-hybridized carbons (Fsp3) is 0.200. The van der Waals surface area contributed by atoms with Gasteiger partial charge in [-0.05, 0) is 66.4 Å². The maximum absolute atomic E-state index is 5.58. The Morgan fingerprint density at radius 1 is 1.04 bits per heavy atom. The van der Waals surface area contributed by atoms with Crippen LogP contribution in [-0.4, -0.2) is 11.9 Å². The van der Waals surface area contributed by atoms with E-state index >= 15 is 0 Å². The van der Waals surface area contributed by atoms with Crippen LogP contribution in [0.2, 0.25) is 0 Å². The summed E-state index contributed by atoms with van der Waals surface area (Å²) < 4.78 is 0. The minimum Gasteiger partial charge on any atom is -0.405 e. The molecule has 0 aliphatic carbocycles. The fourth-order valence-electron chi connectivity index (χ4n) is 2.06. The number of thiol groups is 1. The monoisotopic (exact) mass is 354 g/mol. The normalized spacial score (nSPS) is 14.3. The van der Waals surface area contributed by atoms with Crippen molar-refractivity contribution in [2.75, 3.05) is 0 Å². The lowest BCUT2D eigenvalue weighted by Crippen LogP contribution is -1.93. The number of nitrogens with zero attached hydrogens (tertiary/aromatic N) is 2. The van der Waals surface area contributed by atoms with Gasteiger partial charge in [0.15, 0.2) is 0 Å². The molecule has 1 aromatic rings. The van der Waals surface area contributed by atoms with Crippen LogP contribution in [0.3, 0.4) is 0 Å². The maximum Gasteiger partial charge on any atom is 0.0613 e. The third-order valence-corrected chi connectivity index (χ3v) is 3.76. The molecule has 5 heteroatoms. The van der Waals surface area contributed by atoms with Crippen molar-refractivity contribution in [3.63, 3.8) is 0 Å². The molecule has 0 aliphatic rings. The molecule has 1 rings (SSSR count). The molecule has 0 amide bonds. The van der Waals surface area contributed by atoms with Crippen molar-refractivity contribution in [2.45, 2.75) is 26.7 Å². The lowest BCUT2D eigenvalue weighted by Gasteiger charge is -2.04. The van der Waals surface area contributed by atoms with E-state index in [2.05, 4.69) is 60.1 Å². The SMILES string of the molecule is CCc1ccc(C/C=C(\C=C/N)C(/C=N\N=C(C)/C=C\N)=C/S)cc1. The molecule has 132 valence electrons. The zero-order chi connectivity index (χ0) is 18.5. The molecule has 0 aromatic heterocycles. The smallest absolute Gasteiger partial charge is 0.0613 e. The van der Waals surface area contributed by atoms with Gasteiger partial charge in [0.25, 0.3) is 0 Å². The number of hydrogen-bond donors (Lipinski definition) is 3. The quantitative estimate of drug-likeness (QED) is 0.286. The van der Waals surface area contributed by atoms with Gasteiger partial charge in [-0.15, -0.1) is 0 Å². The number of allylic oxidation sites excluding steroid dienone is 5. The number of hydrogen-bond acceptors (Lipinski definition) is 5. The minimum atomic E-state index is 0.716. The molecule has 4 nitrogen and oxygen atoms in total. The Hall–Kier alpha value is -2.53. The van der Waals surface area contributed by atoms with Gasteiger partial charge in [-0.3, -0.25) is 0 Å². The lowest BCUT2D eigenvalue weighted by molar-refractivity contribution is 1.13. The van der Waals surface area contributed by atoms with E-state index in [9.17, 15) is 0 Å². The number of aryl methyl sites for hydroxylation is 1. The summed E-state index contributed by atoms with van der Waals surface area (Å²) in [5.74, 6) is 0. The highest BCUT2D eigenvalue weighted by Crippen LogP contribution is 2.14. The van der Waals surface area contributed by atoms with Crippen LogP contribution in [0.15, 0.2) is 81.7 Å². The molecule has 4 N–H and O–H groups in total. The molecule has 0 aliphatic heterocycles. The summed E-state index contributed by atoms with van der Waals surface area (Å²) in [6, 6.07) is 8.59. The molecule has 0 fully saturated rings. The third-order valence-electron chi connectivity index (χ3n) is 3.49. The molecule has 0 bridgehead atoms. The van der Waals surface area contributed by atoms with Crippen LogP contribution in [0.25, 0.3) is 0 Å². The standard InChI is InChI=1S/C20H26N4S/c1-3-17-4-6-18(7-5-17)8-9-19(11-13-22)20(15-25)14-23-24-16(2)10-12-21/h4-7,9-15,25H,3,8,21-22H2,1-2H3/b12-10-,13-11-,19-9+,20-15+,23-14-,24-16-. The second kappa shape index (κ2) is 11.9. The fourth-order valence-corrected chi connectivity index (χ4v) is 2.28. The molecule has 0 atom stereocenters. The Labute approximate surface area is 155 Å². The molecule has 0 unspecified atom stereocenters. The highest BCUT2D eigenvalue weighted by molar-refractivity contribution is 7.83. The molecule has 0 spiro atoms. The van der Waals surface area contributed by atoms with E-state index in [1.807, 2.05) is 13.0 Å².